The van der Waals surface area contributed by atoms with Crippen LogP contribution in [-0.4, -0.2) is 29.9 Å². The number of aromatic nitrogens is 6. The second-order valence-corrected chi connectivity index (χ2v) is 6.30. The standard InChI is InChI=1S/C19H17FN6O2/c1-11-8-16(23-19(21-11)26-13(3)7-12(2)24-26)27-10-17-22-18(25-28-17)14-5-4-6-15(20)9-14/h4-9H,10H2,1-3H3. The molecule has 4 aromatic rings. The van der Waals surface area contributed by atoms with Crippen LogP contribution in [0.5, 0.6) is 5.88 Å². The van der Waals surface area contributed by atoms with Crippen molar-refractivity contribution >= 4 is 0 Å². The summed E-state index contributed by atoms with van der Waals surface area (Å²) in [6, 6.07) is 9.63. The molecule has 4 rings (SSSR count). The van der Waals surface area contributed by atoms with Gasteiger partial charge >= 0.3 is 0 Å². The first-order valence-corrected chi connectivity index (χ1v) is 8.58. The van der Waals surface area contributed by atoms with Gasteiger partial charge in [-0.25, -0.2) is 14.1 Å². The van der Waals surface area contributed by atoms with Crippen LogP contribution in [0.1, 0.15) is 23.0 Å². The maximum Gasteiger partial charge on any atom is 0.264 e. The molecule has 0 aliphatic heterocycles. The van der Waals surface area contributed by atoms with E-state index in [9.17, 15) is 4.39 Å². The van der Waals surface area contributed by atoms with Crippen molar-refractivity contribution in [2.24, 2.45) is 0 Å². The number of halogens is 1. The average Bonchev–Trinajstić information content (AvgIpc) is 3.26. The topological polar surface area (TPSA) is 91.8 Å². The van der Waals surface area contributed by atoms with Gasteiger partial charge in [0.15, 0.2) is 6.61 Å². The summed E-state index contributed by atoms with van der Waals surface area (Å²) in [5.74, 6) is 0.962. The molecule has 0 aliphatic rings. The van der Waals surface area contributed by atoms with E-state index in [0.29, 0.717) is 23.2 Å². The molecule has 0 aliphatic carbocycles. The highest BCUT2D eigenvalue weighted by molar-refractivity contribution is 5.53. The van der Waals surface area contributed by atoms with Gasteiger partial charge in [0, 0.05) is 23.0 Å². The number of ether oxygens (including phenoxy) is 1. The lowest BCUT2D eigenvalue weighted by Gasteiger charge is -2.07. The number of aryl methyl sites for hydroxylation is 3. The van der Waals surface area contributed by atoms with Gasteiger partial charge in [0.25, 0.3) is 11.8 Å². The molecular formula is C19H17FN6O2. The lowest BCUT2D eigenvalue weighted by atomic mass is 10.2. The van der Waals surface area contributed by atoms with Crippen LogP contribution in [-0.2, 0) is 6.61 Å². The second-order valence-electron chi connectivity index (χ2n) is 6.30. The van der Waals surface area contributed by atoms with Gasteiger partial charge in [0.2, 0.25) is 11.7 Å². The smallest absolute Gasteiger partial charge is 0.264 e. The Labute approximate surface area is 160 Å². The van der Waals surface area contributed by atoms with E-state index in [1.54, 1.807) is 22.9 Å². The summed E-state index contributed by atoms with van der Waals surface area (Å²) in [5.41, 5.74) is 3.06. The van der Waals surface area contributed by atoms with E-state index in [0.717, 1.165) is 17.1 Å². The molecule has 1 aromatic carbocycles. The molecule has 0 atom stereocenters. The molecule has 8 nitrogen and oxygen atoms in total. The third-order valence-corrected chi connectivity index (χ3v) is 3.91. The number of rotatable bonds is 5. The van der Waals surface area contributed by atoms with Gasteiger partial charge in [-0.05, 0) is 39.0 Å². The Bertz CT molecular complexity index is 1140. The zero-order valence-electron chi connectivity index (χ0n) is 15.5. The first-order valence-electron chi connectivity index (χ1n) is 8.58. The summed E-state index contributed by atoms with van der Waals surface area (Å²) < 4.78 is 25.9. The van der Waals surface area contributed by atoms with Crippen molar-refractivity contribution in [3.8, 4) is 23.2 Å². The fraction of sp³-hybridized carbons (Fsp3) is 0.211. The van der Waals surface area contributed by atoms with Crippen LogP contribution in [0.2, 0.25) is 0 Å². The van der Waals surface area contributed by atoms with Crippen LogP contribution < -0.4 is 4.74 Å². The molecule has 28 heavy (non-hydrogen) atoms. The normalized spacial score (nSPS) is 11.0. The summed E-state index contributed by atoms with van der Waals surface area (Å²) in [5, 5.41) is 8.25. The van der Waals surface area contributed by atoms with E-state index in [2.05, 4.69) is 25.2 Å². The highest BCUT2D eigenvalue weighted by Gasteiger charge is 2.13. The van der Waals surface area contributed by atoms with Crippen LogP contribution in [0.3, 0.4) is 0 Å². The number of hydrogen-bond acceptors (Lipinski definition) is 7. The van der Waals surface area contributed by atoms with Crippen LogP contribution in [0.4, 0.5) is 4.39 Å². The average molecular weight is 380 g/mol. The minimum absolute atomic E-state index is 0.0231. The van der Waals surface area contributed by atoms with Gasteiger partial charge in [-0.15, -0.1) is 0 Å². The predicted molar refractivity (Wildman–Crippen MR) is 97.4 cm³/mol. The molecule has 0 bridgehead atoms. The molecule has 0 fully saturated rings. The van der Waals surface area contributed by atoms with Crippen LogP contribution >= 0.6 is 0 Å². The third kappa shape index (κ3) is 3.73. The van der Waals surface area contributed by atoms with Crippen molar-refractivity contribution in [2.45, 2.75) is 27.4 Å². The lowest BCUT2D eigenvalue weighted by molar-refractivity contribution is 0.234. The molecule has 0 spiro atoms. The fourth-order valence-electron chi connectivity index (χ4n) is 2.72. The van der Waals surface area contributed by atoms with E-state index < -0.39 is 0 Å². The van der Waals surface area contributed by atoms with Gasteiger partial charge in [-0.2, -0.15) is 15.1 Å². The Morgan fingerprint density at radius 1 is 1.04 bits per heavy atom. The Kier molecular flexibility index (Phi) is 4.56. The van der Waals surface area contributed by atoms with E-state index in [-0.39, 0.29) is 18.3 Å². The largest absolute Gasteiger partial charge is 0.467 e. The summed E-state index contributed by atoms with van der Waals surface area (Å²) in [4.78, 5) is 13.0. The van der Waals surface area contributed by atoms with Crippen molar-refractivity contribution < 1.29 is 13.7 Å². The SMILES string of the molecule is Cc1cc(OCc2nc(-c3cccc(F)c3)no2)nc(-n2nc(C)cc2C)n1. The Morgan fingerprint density at radius 3 is 2.64 bits per heavy atom. The first-order chi connectivity index (χ1) is 13.5. The van der Waals surface area contributed by atoms with Crippen LogP contribution in [0.15, 0.2) is 40.9 Å². The highest BCUT2D eigenvalue weighted by atomic mass is 19.1. The van der Waals surface area contributed by atoms with E-state index in [4.69, 9.17) is 9.26 Å². The maximum atomic E-state index is 13.3. The number of hydrogen-bond donors (Lipinski definition) is 0. The minimum atomic E-state index is -0.367. The van der Waals surface area contributed by atoms with Crippen LogP contribution in [0.25, 0.3) is 17.3 Å². The Morgan fingerprint density at radius 2 is 1.89 bits per heavy atom. The summed E-state index contributed by atoms with van der Waals surface area (Å²) in [6.45, 7) is 5.70. The minimum Gasteiger partial charge on any atom is -0.467 e. The summed E-state index contributed by atoms with van der Waals surface area (Å²) in [6.07, 6.45) is 0. The first kappa shape index (κ1) is 17.8. The monoisotopic (exact) mass is 380 g/mol. The lowest BCUT2D eigenvalue weighted by Crippen LogP contribution is -2.08. The fourth-order valence-corrected chi connectivity index (χ4v) is 2.72. The van der Waals surface area contributed by atoms with Gasteiger partial charge in [0.1, 0.15) is 5.82 Å². The zero-order valence-corrected chi connectivity index (χ0v) is 15.5. The summed E-state index contributed by atoms with van der Waals surface area (Å²) in [7, 11) is 0. The van der Waals surface area contributed by atoms with E-state index in [1.165, 1.54) is 12.1 Å². The molecular weight excluding hydrogens is 363 g/mol. The molecule has 0 N–H and O–H groups in total. The molecule has 3 aromatic heterocycles. The molecule has 9 heteroatoms. The summed E-state index contributed by atoms with van der Waals surface area (Å²) >= 11 is 0. The predicted octanol–water partition coefficient (Wildman–Crippen LogP) is 3.36. The van der Waals surface area contributed by atoms with Crippen molar-refractivity contribution in [3.63, 3.8) is 0 Å². The molecule has 3 heterocycles. The van der Waals surface area contributed by atoms with Crippen molar-refractivity contribution in [3.05, 3.63) is 65.2 Å². The van der Waals surface area contributed by atoms with E-state index in [1.807, 2.05) is 26.8 Å². The van der Waals surface area contributed by atoms with Crippen LogP contribution in [0, 0.1) is 26.6 Å². The second kappa shape index (κ2) is 7.18. The van der Waals surface area contributed by atoms with Crippen molar-refractivity contribution in [1.82, 2.24) is 29.9 Å². The molecule has 0 unspecified atom stereocenters. The van der Waals surface area contributed by atoms with Crippen molar-refractivity contribution in [1.29, 1.82) is 0 Å². The van der Waals surface area contributed by atoms with Gasteiger partial charge < -0.3 is 9.26 Å². The van der Waals surface area contributed by atoms with Gasteiger partial charge in [-0.1, -0.05) is 17.3 Å². The van der Waals surface area contributed by atoms with E-state index >= 15 is 0 Å². The molecule has 0 saturated carbocycles. The number of nitrogens with zero attached hydrogens (tertiary/aromatic N) is 6. The Balaban J connectivity index is 1.52. The zero-order chi connectivity index (χ0) is 19.7. The quantitative estimate of drug-likeness (QED) is 0.524. The Hall–Kier alpha value is -3.62. The third-order valence-electron chi connectivity index (χ3n) is 3.91. The number of benzene rings is 1. The maximum absolute atomic E-state index is 13.3. The molecule has 0 amide bonds. The molecule has 0 radical (unpaired) electrons. The molecule has 0 saturated heterocycles. The van der Waals surface area contributed by atoms with Gasteiger partial charge in [0.05, 0.1) is 5.69 Å². The van der Waals surface area contributed by atoms with Crippen molar-refractivity contribution in [2.75, 3.05) is 0 Å². The molecule has 142 valence electrons. The highest BCUT2D eigenvalue weighted by Crippen LogP contribution is 2.18. The van der Waals surface area contributed by atoms with Gasteiger partial charge in [-0.3, -0.25) is 0 Å².